The Morgan fingerprint density at radius 2 is 2.00 bits per heavy atom. The summed E-state index contributed by atoms with van der Waals surface area (Å²) < 4.78 is 5.08. The van der Waals surface area contributed by atoms with E-state index in [1.165, 1.54) is 0 Å². The van der Waals surface area contributed by atoms with Crippen LogP contribution >= 0.6 is 0 Å². The average molecular weight is 237 g/mol. The van der Waals surface area contributed by atoms with Crippen LogP contribution in [-0.4, -0.2) is 18.3 Å². The van der Waals surface area contributed by atoms with Crippen LogP contribution in [0.4, 0.5) is 0 Å². The van der Waals surface area contributed by atoms with E-state index in [-0.39, 0.29) is 11.2 Å². The zero-order chi connectivity index (χ0) is 13.1. The quantitative estimate of drug-likeness (QED) is 0.846. The second-order valence-corrected chi connectivity index (χ2v) is 5.44. The maximum absolute atomic E-state index is 9.94. The van der Waals surface area contributed by atoms with Gasteiger partial charge in [0.15, 0.2) is 11.5 Å². The predicted octanol–water partition coefficient (Wildman–Crippen LogP) is 2.93. The number of aromatic hydroxyl groups is 1. The van der Waals surface area contributed by atoms with E-state index in [0.717, 1.165) is 5.56 Å². The lowest BCUT2D eigenvalue weighted by molar-refractivity contribution is 0.283. The van der Waals surface area contributed by atoms with Gasteiger partial charge in [-0.1, -0.05) is 32.9 Å². The van der Waals surface area contributed by atoms with Crippen LogP contribution in [0.1, 0.15) is 33.3 Å². The highest BCUT2D eigenvalue weighted by Gasteiger charge is 2.19. The molecule has 17 heavy (non-hydrogen) atoms. The van der Waals surface area contributed by atoms with Crippen molar-refractivity contribution in [1.29, 1.82) is 0 Å². The first kappa shape index (κ1) is 13.8. The summed E-state index contributed by atoms with van der Waals surface area (Å²) in [5.74, 6) is 0.747. The molecule has 1 atom stereocenters. The number of methoxy groups -OCH3 is 1. The van der Waals surface area contributed by atoms with E-state index in [4.69, 9.17) is 4.74 Å². The molecule has 1 aromatic rings. The van der Waals surface area contributed by atoms with Gasteiger partial charge in [0.05, 0.1) is 7.11 Å². The first-order chi connectivity index (χ1) is 7.86. The van der Waals surface area contributed by atoms with E-state index >= 15 is 0 Å². The number of rotatable bonds is 4. The van der Waals surface area contributed by atoms with Gasteiger partial charge in [-0.25, -0.2) is 0 Å². The summed E-state index contributed by atoms with van der Waals surface area (Å²) in [6, 6.07) is 5.91. The van der Waals surface area contributed by atoms with E-state index < -0.39 is 0 Å². The van der Waals surface area contributed by atoms with Gasteiger partial charge in [0, 0.05) is 18.2 Å². The van der Waals surface area contributed by atoms with Crippen LogP contribution in [0.5, 0.6) is 11.5 Å². The summed E-state index contributed by atoms with van der Waals surface area (Å²) in [5, 5.41) is 13.4. The van der Waals surface area contributed by atoms with Crippen LogP contribution in [0.25, 0.3) is 0 Å². The summed E-state index contributed by atoms with van der Waals surface area (Å²) in [7, 11) is 1.56. The highest BCUT2D eigenvalue weighted by atomic mass is 16.5. The topological polar surface area (TPSA) is 41.5 Å². The second-order valence-electron chi connectivity index (χ2n) is 5.44. The molecule has 1 rings (SSSR count). The van der Waals surface area contributed by atoms with Gasteiger partial charge < -0.3 is 15.2 Å². The highest BCUT2D eigenvalue weighted by Crippen LogP contribution is 2.29. The largest absolute Gasteiger partial charge is 0.504 e. The Labute approximate surface area is 104 Å². The molecule has 96 valence electrons. The Morgan fingerprint density at radius 3 is 2.53 bits per heavy atom. The molecule has 0 fully saturated rings. The van der Waals surface area contributed by atoms with Gasteiger partial charge >= 0.3 is 0 Å². The Bertz CT molecular complexity index is 369. The molecule has 0 saturated carbocycles. The van der Waals surface area contributed by atoms with Crippen molar-refractivity contribution in [1.82, 2.24) is 5.32 Å². The van der Waals surface area contributed by atoms with E-state index in [9.17, 15) is 5.11 Å². The molecule has 0 aliphatic heterocycles. The fourth-order valence-electron chi connectivity index (χ4n) is 1.44. The average Bonchev–Trinajstić information content (AvgIpc) is 2.26. The Balaban J connectivity index is 2.70. The maximum atomic E-state index is 9.94. The summed E-state index contributed by atoms with van der Waals surface area (Å²) in [5.41, 5.74) is 1.06. The monoisotopic (exact) mass is 237 g/mol. The highest BCUT2D eigenvalue weighted by molar-refractivity contribution is 5.45. The number of phenolic OH excluding ortho intramolecular Hbond substituents is 1. The Hall–Kier alpha value is -1.22. The van der Waals surface area contributed by atoms with Crippen LogP contribution in [0, 0.1) is 5.41 Å². The molecule has 3 nitrogen and oxygen atoms in total. The van der Waals surface area contributed by atoms with Crippen molar-refractivity contribution in [3.05, 3.63) is 23.8 Å². The fraction of sp³-hybridized carbons (Fsp3) is 0.571. The first-order valence-corrected chi connectivity index (χ1v) is 5.94. The lowest BCUT2D eigenvalue weighted by Crippen LogP contribution is -2.37. The molecule has 0 radical (unpaired) electrons. The molecule has 0 saturated heterocycles. The Kier molecular flexibility index (Phi) is 4.40. The zero-order valence-electron chi connectivity index (χ0n) is 11.4. The number of nitrogens with one attached hydrogen (secondary N) is 1. The molecule has 1 aromatic carbocycles. The number of benzene rings is 1. The van der Waals surface area contributed by atoms with Crippen molar-refractivity contribution in [3.63, 3.8) is 0 Å². The minimum Gasteiger partial charge on any atom is -0.504 e. The maximum Gasteiger partial charge on any atom is 0.162 e. The molecule has 0 amide bonds. The number of hydrogen-bond donors (Lipinski definition) is 2. The SMILES string of the molecule is COc1cccc(CNC(C)C(C)(C)C)c1O. The molecular formula is C14H23NO2. The lowest BCUT2D eigenvalue weighted by Gasteiger charge is -2.28. The predicted molar refractivity (Wildman–Crippen MR) is 70.4 cm³/mol. The van der Waals surface area contributed by atoms with E-state index in [0.29, 0.717) is 18.3 Å². The molecular weight excluding hydrogens is 214 g/mol. The molecule has 0 aliphatic carbocycles. The third kappa shape index (κ3) is 3.63. The van der Waals surface area contributed by atoms with Gasteiger partial charge in [-0.2, -0.15) is 0 Å². The number of hydrogen-bond acceptors (Lipinski definition) is 3. The third-order valence-electron chi connectivity index (χ3n) is 3.20. The number of ether oxygens (including phenoxy) is 1. The molecule has 1 unspecified atom stereocenters. The van der Waals surface area contributed by atoms with Crippen molar-refractivity contribution in [2.45, 2.75) is 40.3 Å². The number of para-hydroxylation sites is 1. The zero-order valence-corrected chi connectivity index (χ0v) is 11.4. The third-order valence-corrected chi connectivity index (χ3v) is 3.20. The first-order valence-electron chi connectivity index (χ1n) is 5.94. The van der Waals surface area contributed by atoms with Crippen molar-refractivity contribution in [2.75, 3.05) is 7.11 Å². The molecule has 0 aliphatic rings. The van der Waals surface area contributed by atoms with Gasteiger partial charge in [0.25, 0.3) is 0 Å². The minimum atomic E-state index is 0.203. The smallest absolute Gasteiger partial charge is 0.162 e. The summed E-state index contributed by atoms with van der Waals surface area (Å²) in [6.45, 7) is 9.36. The normalized spacial score (nSPS) is 13.5. The summed E-state index contributed by atoms with van der Waals surface area (Å²) >= 11 is 0. The Morgan fingerprint density at radius 1 is 1.35 bits per heavy atom. The van der Waals surface area contributed by atoms with Crippen LogP contribution in [0.2, 0.25) is 0 Å². The van der Waals surface area contributed by atoms with Crippen molar-refractivity contribution < 1.29 is 9.84 Å². The van der Waals surface area contributed by atoms with Crippen LogP contribution in [0.15, 0.2) is 18.2 Å². The molecule has 0 spiro atoms. The number of phenols is 1. The van der Waals surface area contributed by atoms with E-state index in [1.54, 1.807) is 13.2 Å². The summed E-state index contributed by atoms with van der Waals surface area (Å²) in [4.78, 5) is 0. The van der Waals surface area contributed by atoms with Crippen LogP contribution < -0.4 is 10.1 Å². The van der Waals surface area contributed by atoms with Crippen molar-refractivity contribution in [2.24, 2.45) is 5.41 Å². The second kappa shape index (κ2) is 5.41. The van der Waals surface area contributed by atoms with E-state index in [1.807, 2.05) is 12.1 Å². The van der Waals surface area contributed by atoms with Crippen molar-refractivity contribution in [3.8, 4) is 11.5 Å². The van der Waals surface area contributed by atoms with Gasteiger partial charge in [0.1, 0.15) is 0 Å². The molecule has 0 aromatic heterocycles. The molecule has 0 bridgehead atoms. The summed E-state index contributed by atoms with van der Waals surface area (Å²) in [6.07, 6.45) is 0. The fourth-order valence-corrected chi connectivity index (χ4v) is 1.44. The van der Waals surface area contributed by atoms with E-state index in [2.05, 4.69) is 33.0 Å². The lowest BCUT2D eigenvalue weighted by atomic mass is 9.88. The van der Waals surface area contributed by atoms with Gasteiger partial charge in [-0.3, -0.25) is 0 Å². The van der Waals surface area contributed by atoms with Crippen LogP contribution in [-0.2, 0) is 6.54 Å². The van der Waals surface area contributed by atoms with Crippen LogP contribution in [0.3, 0.4) is 0 Å². The molecule has 2 N–H and O–H groups in total. The molecule has 3 heteroatoms. The van der Waals surface area contributed by atoms with Crippen molar-refractivity contribution >= 4 is 0 Å². The van der Waals surface area contributed by atoms with Gasteiger partial charge in [0.2, 0.25) is 0 Å². The standard InChI is InChI=1S/C14H23NO2/c1-10(14(2,3)4)15-9-11-7-6-8-12(17-5)13(11)16/h6-8,10,15-16H,9H2,1-5H3. The van der Waals surface area contributed by atoms with Gasteiger partial charge in [-0.05, 0) is 18.4 Å². The molecule has 0 heterocycles. The minimum absolute atomic E-state index is 0.203. The van der Waals surface area contributed by atoms with Gasteiger partial charge in [-0.15, -0.1) is 0 Å².